The number of alkyl halides is 34. The molecule has 0 aromatic rings. The van der Waals surface area contributed by atoms with Gasteiger partial charge in [-0.05, 0) is 46.0 Å². The maximum atomic E-state index is 13.7. The lowest BCUT2D eigenvalue weighted by Crippen LogP contribution is -2.46. The summed E-state index contributed by atoms with van der Waals surface area (Å²) in [6.45, 7) is 8.13. The van der Waals surface area contributed by atoms with E-state index in [1.807, 2.05) is 4.90 Å². The third-order valence-electron chi connectivity index (χ3n) is 18.1. The largest absolute Gasteiger partial charge is 0.461 e. The molecule has 0 aromatic carbocycles. The van der Waals surface area contributed by atoms with Crippen LogP contribution >= 0.6 is 0 Å². The Bertz CT molecular complexity index is 2840. The monoisotopic (exact) mass is 1840 g/mol. The number of hydrogen-bond acceptors (Lipinski definition) is 16. The van der Waals surface area contributed by atoms with Gasteiger partial charge in [-0.15, -0.1) is 0 Å². The van der Waals surface area contributed by atoms with Crippen molar-refractivity contribution in [2.24, 2.45) is 11.3 Å². The van der Waals surface area contributed by atoms with Crippen molar-refractivity contribution in [3.8, 4) is 0 Å². The van der Waals surface area contributed by atoms with Gasteiger partial charge in [0.15, 0.2) is 11.3 Å². The Balaban J connectivity index is 0.000000801. The van der Waals surface area contributed by atoms with E-state index in [1.54, 1.807) is 9.80 Å². The van der Waals surface area contributed by atoms with Crippen LogP contribution in [0.3, 0.4) is 0 Å². The zero-order valence-corrected chi connectivity index (χ0v) is 65.5. The predicted octanol–water partition coefficient (Wildman–Crippen LogP) is 19.6. The molecule has 0 aromatic heterocycles. The minimum atomic E-state index is -5.81. The molecule has 0 saturated carbocycles. The number of rotatable bonds is 43. The smallest absolute Gasteiger partial charge is 0.404 e. The van der Waals surface area contributed by atoms with E-state index in [4.69, 9.17) is 33.2 Å². The molecule has 4 fully saturated rings. The second kappa shape index (κ2) is 50.5. The van der Waals surface area contributed by atoms with Gasteiger partial charge >= 0.3 is 73.3 Å². The zero-order valence-electron chi connectivity index (χ0n) is 65.5. The van der Waals surface area contributed by atoms with Gasteiger partial charge in [0.1, 0.15) is 56.5 Å². The summed E-state index contributed by atoms with van der Waals surface area (Å²) in [7, 11) is 0. The first-order valence-corrected chi connectivity index (χ1v) is 37.9. The second-order valence-corrected chi connectivity index (χ2v) is 29.7. The van der Waals surface area contributed by atoms with Crippen LogP contribution in [0.15, 0.2) is 0 Å². The van der Waals surface area contributed by atoms with E-state index in [0.717, 1.165) is 19.3 Å². The molecule has 4 unspecified atom stereocenters. The maximum absolute atomic E-state index is 13.7. The molecule has 712 valence electrons. The second-order valence-electron chi connectivity index (χ2n) is 29.7. The van der Waals surface area contributed by atoms with Gasteiger partial charge in [-0.25, -0.2) is 43.9 Å². The van der Waals surface area contributed by atoms with E-state index in [1.165, 1.54) is 24.2 Å². The average molecular weight is 1840 g/mol. The number of carbonyl (C=O) groups is 4. The third-order valence-corrected chi connectivity index (χ3v) is 18.1. The molecule has 0 bridgehead atoms. The summed E-state index contributed by atoms with van der Waals surface area (Å²) in [5.41, 5.74) is -2.88. The van der Waals surface area contributed by atoms with Crippen molar-refractivity contribution in [1.82, 2.24) is 19.6 Å². The normalized spacial score (nSPS) is 18.1. The summed E-state index contributed by atoms with van der Waals surface area (Å²) >= 11 is 0. The first kappa shape index (κ1) is 113. The first-order valence-electron chi connectivity index (χ1n) is 37.9. The van der Waals surface area contributed by atoms with E-state index in [-0.39, 0.29) is 78.5 Å². The van der Waals surface area contributed by atoms with E-state index in [0.29, 0.717) is 86.0 Å². The highest BCUT2D eigenvalue weighted by atomic mass is 19.4. The van der Waals surface area contributed by atoms with Gasteiger partial charge in [-0.3, -0.25) is 38.8 Å². The molecule has 50 heteroatoms. The number of ether oxygens (including phenoxy) is 8. The molecule has 4 atom stereocenters. The quantitative estimate of drug-likeness (QED) is 0.0246. The topological polar surface area (TPSA) is 155 Å². The lowest BCUT2D eigenvalue weighted by molar-refractivity contribution is -0.286. The molecule has 4 aliphatic rings. The lowest BCUT2D eigenvalue weighted by atomic mass is 9.93. The van der Waals surface area contributed by atoms with Crippen LogP contribution in [-0.2, 0) is 57.1 Å². The fraction of sp³-hybridized carbons (Fsp3) is 0.943. The number of morpholine rings is 4. The lowest BCUT2D eigenvalue weighted by Gasteiger charge is -2.33. The molecule has 4 saturated heterocycles. The summed E-state index contributed by atoms with van der Waals surface area (Å²) < 4.78 is 473. The molecule has 0 aliphatic carbocycles. The molecule has 4 heterocycles. The summed E-state index contributed by atoms with van der Waals surface area (Å²) in [5.74, 6) is -30.1. The Hall–Kier alpha value is -4.82. The predicted molar refractivity (Wildman–Crippen MR) is 355 cm³/mol. The number of unbranched alkanes of at least 4 members (excludes halogenated alkanes) is 6. The molecular formula is C70H102F34N4O12. The van der Waals surface area contributed by atoms with Gasteiger partial charge in [0, 0.05) is 117 Å². The summed E-state index contributed by atoms with van der Waals surface area (Å²) in [5, 5.41) is 0. The summed E-state index contributed by atoms with van der Waals surface area (Å²) in [6.07, 6.45) is -63.9. The van der Waals surface area contributed by atoms with Crippen molar-refractivity contribution >= 4 is 23.9 Å². The Morgan fingerprint density at radius 2 is 0.542 bits per heavy atom. The Kier molecular flexibility index (Phi) is 47.6. The van der Waals surface area contributed by atoms with Gasteiger partial charge in [-0.1, -0.05) is 45.4 Å². The minimum Gasteiger partial charge on any atom is -0.461 e. The van der Waals surface area contributed by atoms with Crippen molar-refractivity contribution in [2.75, 3.05) is 131 Å². The van der Waals surface area contributed by atoms with Crippen LogP contribution in [0.2, 0.25) is 0 Å². The molecule has 0 N–H and O–H groups in total. The number of hydrogen-bond donors (Lipinski definition) is 0. The minimum absolute atomic E-state index is 0.157. The van der Waals surface area contributed by atoms with Crippen molar-refractivity contribution in [3.63, 3.8) is 0 Å². The molecular weight excluding hydrogens is 1730 g/mol. The van der Waals surface area contributed by atoms with Crippen LogP contribution < -0.4 is 0 Å². The highest BCUT2D eigenvalue weighted by molar-refractivity contribution is 5.77. The standard InChI is InChI=1S/C21H36F5NO3.C17H23F10NO3.C16H20F11NO3.C16H23F8NO3/c1-2-3-4-5-6-7-8-9-19(28)30-18(16-27-12-14-29-15-13-27)10-11-20(22,23)17-21(24,25)26;18-14(19,10-16(22,23)24)3-1-12(9-28-5-7-30-8-6-28)31-13(29)2-4-15(20,21)11-17(25,26)27;17-13(18,9-14(19,20)21)2-1-10(8-28-3-5-30-6-4-28)31-12(29)7-11(15(22,23)24)16(25,26)27;1-13(2,16(22,23)24)12(26)28-11(9-25-5-7-27-8-6-25)3-4-14(17,18)10-15(19,20)21/h18H,2-17H2,1H3;12H,1-11H2;10-11H,1-9H2;11H,3-10H2,1-2H3. The van der Waals surface area contributed by atoms with Gasteiger partial charge in [-0.2, -0.15) is 105 Å². The fourth-order valence-electron chi connectivity index (χ4n) is 11.7. The Labute approximate surface area is 669 Å². The molecule has 0 radical (unpaired) electrons. The van der Waals surface area contributed by atoms with Crippen LogP contribution in [0.25, 0.3) is 0 Å². The van der Waals surface area contributed by atoms with Crippen LogP contribution in [0, 0.1) is 11.3 Å². The van der Waals surface area contributed by atoms with E-state index < -0.39 is 235 Å². The molecule has 4 aliphatic heterocycles. The SMILES string of the molecule is CC(C)(C(=O)OC(CCC(F)(F)CC(F)(F)F)CN1CCOCC1)C(F)(F)F.CCCCCCCCCC(=O)OC(CCC(F)(F)CC(F)(F)F)CN1CCOCC1.O=C(CC(C(F)(F)F)C(F)(F)F)OC(CCC(F)(F)CC(F)(F)F)CN1CCOCC1.O=C(CCC(F)(F)CC(F)(F)F)OC(CCC(F)(F)CC(F)(F)F)CN1CCOCC1. The van der Waals surface area contributed by atoms with Crippen molar-refractivity contribution in [2.45, 2.75) is 278 Å². The van der Waals surface area contributed by atoms with E-state index in [9.17, 15) is 168 Å². The highest BCUT2D eigenvalue weighted by Gasteiger charge is 2.59. The van der Waals surface area contributed by atoms with Gasteiger partial charge in [0.25, 0.3) is 29.6 Å². The highest BCUT2D eigenvalue weighted by Crippen LogP contribution is 2.45. The zero-order chi connectivity index (χ0) is 92.3. The Morgan fingerprint density at radius 3 is 0.792 bits per heavy atom. The van der Waals surface area contributed by atoms with E-state index in [2.05, 4.69) is 11.7 Å². The maximum Gasteiger partial charge on any atom is 0.404 e. The van der Waals surface area contributed by atoms with Crippen molar-refractivity contribution in [3.05, 3.63) is 0 Å². The molecule has 120 heavy (non-hydrogen) atoms. The summed E-state index contributed by atoms with van der Waals surface area (Å²) in [4.78, 5) is 54.3. The van der Waals surface area contributed by atoms with Gasteiger partial charge in [0.05, 0.1) is 65.7 Å². The van der Waals surface area contributed by atoms with Crippen LogP contribution in [-0.4, -0.2) is 278 Å². The van der Waals surface area contributed by atoms with Crippen molar-refractivity contribution in [1.29, 1.82) is 0 Å². The molecule has 0 amide bonds. The van der Waals surface area contributed by atoms with Gasteiger partial charge < -0.3 is 37.9 Å². The molecule has 0 spiro atoms. The number of carbonyl (C=O) groups excluding carboxylic acids is 4. The number of esters is 4. The van der Waals surface area contributed by atoms with Crippen molar-refractivity contribution < 1.29 is 206 Å². The molecule has 16 nitrogen and oxygen atoms in total. The fourth-order valence-corrected chi connectivity index (χ4v) is 11.7. The average Bonchev–Trinajstić information content (AvgIpc) is 0.809. The number of halogens is 34. The van der Waals surface area contributed by atoms with Gasteiger partial charge in [0.2, 0.25) is 0 Å². The number of nitrogens with zero attached hydrogens (tertiary/aromatic N) is 4. The summed E-state index contributed by atoms with van der Waals surface area (Å²) in [6, 6.07) is 0. The first-order chi connectivity index (χ1) is 54.5. The third kappa shape index (κ3) is 56.2. The Morgan fingerprint density at radius 1 is 0.308 bits per heavy atom. The van der Waals surface area contributed by atoms with Crippen LogP contribution in [0.4, 0.5) is 149 Å². The van der Waals surface area contributed by atoms with Crippen LogP contribution in [0.1, 0.15) is 175 Å². The van der Waals surface area contributed by atoms with Crippen LogP contribution in [0.5, 0.6) is 0 Å². The molecule has 4 rings (SSSR count). The van der Waals surface area contributed by atoms with E-state index >= 15 is 0 Å².